The van der Waals surface area contributed by atoms with Crippen LogP contribution in [0.25, 0.3) is 11.0 Å². The summed E-state index contributed by atoms with van der Waals surface area (Å²) in [5.41, 5.74) is 3.50. The Morgan fingerprint density at radius 1 is 1.30 bits per heavy atom. The molecule has 148 valence electrons. The van der Waals surface area contributed by atoms with Gasteiger partial charge in [-0.05, 0) is 43.7 Å². The summed E-state index contributed by atoms with van der Waals surface area (Å²) in [7, 11) is 3.37. The van der Waals surface area contributed by atoms with Gasteiger partial charge >= 0.3 is 5.97 Å². The highest BCUT2D eigenvalue weighted by molar-refractivity contribution is 5.87. The van der Waals surface area contributed by atoms with E-state index < -0.39 is 12.0 Å². The number of aromatic nitrogens is 3. The van der Waals surface area contributed by atoms with Gasteiger partial charge in [-0.2, -0.15) is 0 Å². The Bertz CT molecular complexity index is 857. The van der Waals surface area contributed by atoms with Gasteiger partial charge in [0.15, 0.2) is 5.65 Å². The van der Waals surface area contributed by atoms with E-state index in [1.807, 2.05) is 34.7 Å². The number of carbonyl (C=O) groups is 2. The lowest BCUT2D eigenvalue weighted by molar-refractivity contribution is -0.142. The van der Waals surface area contributed by atoms with E-state index in [0.717, 1.165) is 27.9 Å². The molecule has 2 aromatic heterocycles. The number of nitrogens with zero attached hydrogens (tertiary/aromatic N) is 3. The van der Waals surface area contributed by atoms with E-state index in [1.165, 1.54) is 0 Å². The molecule has 0 aliphatic rings. The van der Waals surface area contributed by atoms with E-state index in [1.54, 1.807) is 11.8 Å². The van der Waals surface area contributed by atoms with Crippen LogP contribution in [0.15, 0.2) is 0 Å². The van der Waals surface area contributed by atoms with E-state index in [2.05, 4.69) is 15.4 Å². The minimum absolute atomic E-state index is 0.181. The van der Waals surface area contributed by atoms with Gasteiger partial charge < -0.3 is 15.2 Å². The average Bonchev–Trinajstić information content (AvgIpc) is 2.89. The van der Waals surface area contributed by atoms with Gasteiger partial charge in [0.2, 0.25) is 11.8 Å². The van der Waals surface area contributed by atoms with E-state index >= 15 is 0 Å². The average molecular weight is 376 g/mol. The summed E-state index contributed by atoms with van der Waals surface area (Å²) in [5, 5.41) is 17.1. The van der Waals surface area contributed by atoms with Crippen LogP contribution >= 0.6 is 0 Å². The first kappa shape index (κ1) is 20.7. The van der Waals surface area contributed by atoms with Crippen LogP contribution in [0.2, 0.25) is 0 Å². The number of hydrogen-bond acceptors (Lipinski definition) is 5. The standard InChI is InChI=1S/C19H28N4O4/c1-10(2)9-14(19(25)26)21-15(24)8-7-13-11(3)16-17(20-12(13)4)23(5)22-18(16)27-6/h10,14H,7-9H2,1-6H3,(H,21,24)(H,25,26). The van der Waals surface area contributed by atoms with Gasteiger partial charge in [0.1, 0.15) is 6.04 Å². The molecule has 0 fully saturated rings. The fraction of sp³-hybridized carbons (Fsp3) is 0.579. The van der Waals surface area contributed by atoms with Crippen molar-refractivity contribution < 1.29 is 19.4 Å². The van der Waals surface area contributed by atoms with Crippen LogP contribution in [0.4, 0.5) is 0 Å². The van der Waals surface area contributed by atoms with Crippen molar-refractivity contribution in [2.45, 2.75) is 53.0 Å². The maximum atomic E-state index is 12.3. The van der Waals surface area contributed by atoms with Gasteiger partial charge in [0.25, 0.3) is 0 Å². The summed E-state index contributed by atoms with van der Waals surface area (Å²) in [6, 6.07) is -0.862. The minimum Gasteiger partial charge on any atom is -0.480 e. The number of carbonyl (C=O) groups excluding carboxylic acids is 1. The Morgan fingerprint density at radius 3 is 2.52 bits per heavy atom. The molecule has 0 radical (unpaired) electrons. The first-order valence-corrected chi connectivity index (χ1v) is 9.04. The zero-order chi connectivity index (χ0) is 20.3. The fourth-order valence-corrected chi connectivity index (χ4v) is 3.31. The van der Waals surface area contributed by atoms with Crippen molar-refractivity contribution in [2.75, 3.05) is 7.11 Å². The van der Waals surface area contributed by atoms with Crippen molar-refractivity contribution in [2.24, 2.45) is 13.0 Å². The SMILES string of the molecule is COc1nn(C)c2nc(C)c(CCC(=O)NC(CC(C)C)C(=O)O)c(C)c12. The summed E-state index contributed by atoms with van der Waals surface area (Å²) >= 11 is 0. The molecule has 1 atom stereocenters. The predicted octanol–water partition coefficient (Wildman–Crippen LogP) is 2.14. The van der Waals surface area contributed by atoms with Crippen LogP contribution in [0, 0.1) is 19.8 Å². The van der Waals surface area contributed by atoms with Crippen LogP contribution in [-0.4, -0.2) is 44.9 Å². The molecular formula is C19H28N4O4. The predicted molar refractivity (Wildman–Crippen MR) is 102 cm³/mol. The van der Waals surface area contributed by atoms with Crippen LogP contribution in [0.3, 0.4) is 0 Å². The van der Waals surface area contributed by atoms with E-state index in [4.69, 9.17) is 4.74 Å². The van der Waals surface area contributed by atoms with E-state index in [0.29, 0.717) is 18.7 Å². The topological polar surface area (TPSA) is 106 Å². The number of hydrogen-bond donors (Lipinski definition) is 2. The zero-order valence-electron chi connectivity index (χ0n) is 16.8. The highest BCUT2D eigenvalue weighted by atomic mass is 16.5. The Morgan fingerprint density at radius 2 is 1.96 bits per heavy atom. The molecule has 2 rings (SSSR count). The first-order valence-electron chi connectivity index (χ1n) is 9.04. The molecule has 2 heterocycles. The molecule has 0 aromatic carbocycles. The number of amides is 1. The molecule has 0 aliphatic heterocycles. The number of pyridine rings is 1. The molecule has 0 saturated heterocycles. The van der Waals surface area contributed by atoms with Crippen LogP contribution < -0.4 is 10.1 Å². The number of carboxylic acid groups (broad SMARTS) is 1. The quantitative estimate of drug-likeness (QED) is 0.731. The fourth-order valence-electron chi connectivity index (χ4n) is 3.31. The van der Waals surface area contributed by atoms with Gasteiger partial charge in [-0.1, -0.05) is 13.8 Å². The summed E-state index contributed by atoms with van der Waals surface area (Å²) < 4.78 is 7.02. The van der Waals surface area contributed by atoms with Gasteiger partial charge in [0, 0.05) is 19.2 Å². The lowest BCUT2D eigenvalue weighted by Crippen LogP contribution is -2.41. The van der Waals surface area contributed by atoms with E-state index in [-0.39, 0.29) is 18.2 Å². The number of nitrogens with one attached hydrogen (secondary N) is 1. The lowest BCUT2D eigenvalue weighted by atomic mass is 9.99. The minimum atomic E-state index is -1.01. The second-order valence-corrected chi connectivity index (χ2v) is 7.22. The lowest BCUT2D eigenvalue weighted by Gasteiger charge is -2.17. The third-order valence-electron chi connectivity index (χ3n) is 4.66. The Hall–Kier alpha value is -2.64. The van der Waals surface area contributed by atoms with Crippen molar-refractivity contribution >= 4 is 22.9 Å². The van der Waals surface area contributed by atoms with Crippen molar-refractivity contribution in [1.29, 1.82) is 0 Å². The molecule has 0 saturated carbocycles. The highest BCUT2D eigenvalue weighted by Gasteiger charge is 2.22. The summed E-state index contributed by atoms with van der Waals surface area (Å²) in [6.07, 6.45) is 1.07. The number of methoxy groups -OCH3 is 1. The monoisotopic (exact) mass is 376 g/mol. The molecular weight excluding hydrogens is 348 g/mol. The smallest absolute Gasteiger partial charge is 0.326 e. The van der Waals surface area contributed by atoms with Crippen molar-refractivity contribution in [3.05, 3.63) is 16.8 Å². The molecule has 8 nitrogen and oxygen atoms in total. The number of carboxylic acids is 1. The molecule has 1 amide bonds. The highest BCUT2D eigenvalue weighted by Crippen LogP contribution is 2.30. The first-order chi connectivity index (χ1) is 12.6. The molecule has 1 unspecified atom stereocenters. The van der Waals surface area contributed by atoms with Crippen LogP contribution in [0.1, 0.15) is 43.5 Å². The second kappa shape index (κ2) is 8.37. The van der Waals surface area contributed by atoms with Crippen LogP contribution in [0.5, 0.6) is 5.88 Å². The van der Waals surface area contributed by atoms with Crippen molar-refractivity contribution in [1.82, 2.24) is 20.1 Å². The molecule has 0 spiro atoms. The van der Waals surface area contributed by atoms with Gasteiger partial charge in [0.05, 0.1) is 12.5 Å². The normalized spacial score (nSPS) is 12.4. The number of aryl methyl sites for hydroxylation is 3. The van der Waals surface area contributed by atoms with Crippen LogP contribution in [-0.2, 0) is 23.1 Å². The Balaban J connectivity index is 2.19. The number of fused-ring (bicyclic) bond motifs is 1. The van der Waals surface area contributed by atoms with Gasteiger partial charge in [-0.25, -0.2) is 14.5 Å². The zero-order valence-corrected chi connectivity index (χ0v) is 16.8. The maximum absolute atomic E-state index is 12.3. The second-order valence-electron chi connectivity index (χ2n) is 7.22. The van der Waals surface area contributed by atoms with Gasteiger partial charge in [-0.3, -0.25) is 4.79 Å². The molecule has 0 bridgehead atoms. The molecule has 27 heavy (non-hydrogen) atoms. The molecule has 2 aromatic rings. The Labute approximate surface area is 158 Å². The summed E-state index contributed by atoms with van der Waals surface area (Å²) in [6.45, 7) is 7.72. The molecule has 2 N–H and O–H groups in total. The largest absolute Gasteiger partial charge is 0.480 e. The summed E-state index contributed by atoms with van der Waals surface area (Å²) in [4.78, 5) is 28.2. The molecule has 8 heteroatoms. The Kier molecular flexibility index (Phi) is 6.41. The third-order valence-corrected chi connectivity index (χ3v) is 4.66. The molecule has 0 aliphatic carbocycles. The maximum Gasteiger partial charge on any atom is 0.326 e. The number of rotatable bonds is 8. The summed E-state index contributed by atoms with van der Waals surface area (Å²) in [5.74, 6) is -0.598. The van der Waals surface area contributed by atoms with Gasteiger partial charge in [-0.15, -0.1) is 5.10 Å². The van der Waals surface area contributed by atoms with E-state index in [9.17, 15) is 14.7 Å². The number of aliphatic carboxylic acids is 1. The third kappa shape index (κ3) is 4.56. The van der Waals surface area contributed by atoms with Crippen molar-refractivity contribution in [3.63, 3.8) is 0 Å². The number of ether oxygens (including phenoxy) is 1. The van der Waals surface area contributed by atoms with Crippen molar-refractivity contribution in [3.8, 4) is 5.88 Å².